The van der Waals surface area contributed by atoms with Crippen molar-refractivity contribution in [3.63, 3.8) is 0 Å². The van der Waals surface area contributed by atoms with E-state index in [4.69, 9.17) is 0 Å². The predicted molar refractivity (Wildman–Crippen MR) is 82.8 cm³/mol. The highest BCUT2D eigenvalue weighted by molar-refractivity contribution is 5.99. The zero-order valence-corrected chi connectivity index (χ0v) is 12.7. The van der Waals surface area contributed by atoms with E-state index in [1.165, 1.54) is 17.5 Å². The van der Waals surface area contributed by atoms with Crippen molar-refractivity contribution in [2.75, 3.05) is 0 Å². The van der Waals surface area contributed by atoms with E-state index in [1.807, 2.05) is 13.0 Å². The van der Waals surface area contributed by atoms with Gasteiger partial charge in [0.1, 0.15) is 0 Å². The number of carbonyl (C=O) groups excluding carboxylic acids is 1. The van der Waals surface area contributed by atoms with Gasteiger partial charge in [-0.1, -0.05) is 31.4 Å². The van der Waals surface area contributed by atoms with Gasteiger partial charge in [0, 0.05) is 5.92 Å². The molecule has 1 aromatic carbocycles. The third-order valence-electron chi connectivity index (χ3n) is 4.23. The summed E-state index contributed by atoms with van der Waals surface area (Å²) in [5.41, 5.74) is 7.18. The second-order valence-electron chi connectivity index (χ2n) is 5.81. The fourth-order valence-electron chi connectivity index (χ4n) is 2.63. The number of aryl methyl sites for hydroxylation is 2. The second kappa shape index (κ2) is 6.69. The lowest BCUT2D eigenvalue weighted by Gasteiger charge is -2.19. The number of nitrogens with zero attached hydrogens (tertiary/aromatic N) is 1. The number of amides is 1. The first kappa shape index (κ1) is 14.8. The molecule has 0 saturated heterocycles. The van der Waals surface area contributed by atoms with Crippen molar-refractivity contribution in [3.05, 3.63) is 34.9 Å². The molecule has 1 aromatic rings. The van der Waals surface area contributed by atoms with Crippen LogP contribution in [0.5, 0.6) is 0 Å². The highest BCUT2D eigenvalue weighted by atomic mass is 16.2. The first-order valence-corrected chi connectivity index (χ1v) is 7.49. The van der Waals surface area contributed by atoms with Gasteiger partial charge in [-0.3, -0.25) is 4.79 Å². The Bertz CT molecular complexity index is 514. The van der Waals surface area contributed by atoms with E-state index in [0.717, 1.165) is 37.0 Å². The summed E-state index contributed by atoms with van der Waals surface area (Å²) in [6, 6.07) is 6.25. The third-order valence-corrected chi connectivity index (χ3v) is 4.23. The van der Waals surface area contributed by atoms with Gasteiger partial charge in [0.15, 0.2) is 0 Å². The number of hydrogen-bond acceptors (Lipinski definition) is 2. The van der Waals surface area contributed by atoms with Crippen LogP contribution in [-0.2, 0) is 4.79 Å². The molecule has 1 fully saturated rings. The van der Waals surface area contributed by atoms with Crippen LogP contribution < -0.4 is 5.43 Å². The summed E-state index contributed by atoms with van der Waals surface area (Å²) < 4.78 is 0. The number of carbonyl (C=O) groups is 1. The molecule has 0 unspecified atom stereocenters. The molecule has 20 heavy (non-hydrogen) atoms. The topological polar surface area (TPSA) is 41.5 Å². The Morgan fingerprint density at radius 1 is 1.15 bits per heavy atom. The molecule has 0 radical (unpaired) electrons. The van der Waals surface area contributed by atoms with Gasteiger partial charge in [-0.15, -0.1) is 0 Å². The molecule has 3 heteroatoms. The van der Waals surface area contributed by atoms with E-state index in [9.17, 15) is 4.79 Å². The summed E-state index contributed by atoms with van der Waals surface area (Å²) in [4.78, 5) is 12.0. The quantitative estimate of drug-likeness (QED) is 0.661. The molecule has 1 amide bonds. The van der Waals surface area contributed by atoms with E-state index in [2.05, 4.69) is 36.5 Å². The van der Waals surface area contributed by atoms with Crippen LogP contribution >= 0.6 is 0 Å². The Labute approximate surface area is 121 Å². The van der Waals surface area contributed by atoms with E-state index in [-0.39, 0.29) is 11.8 Å². The Morgan fingerprint density at radius 3 is 2.50 bits per heavy atom. The first-order chi connectivity index (χ1) is 9.58. The van der Waals surface area contributed by atoms with Crippen LogP contribution in [0.1, 0.15) is 55.7 Å². The van der Waals surface area contributed by atoms with Crippen LogP contribution in [0.3, 0.4) is 0 Å². The van der Waals surface area contributed by atoms with Gasteiger partial charge in [0.25, 0.3) is 0 Å². The Kier molecular flexibility index (Phi) is 4.94. The number of hydrazone groups is 1. The van der Waals surface area contributed by atoms with Crippen molar-refractivity contribution in [2.24, 2.45) is 11.0 Å². The molecule has 2 rings (SSSR count). The lowest BCUT2D eigenvalue weighted by Crippen LogP contribution is -2.29. The van der Waals surface area contributed by atoms with Crippen molar-refractivity contribution in [2.45, 2.75) is 52.9 Å². The molecule has 0 atom stereocenters. The SMILES string of the molecule is C/C(=N\NC(=O)C1CCCCC1)c1ccc(C)c(C)c1. The average molecular weight is 272 g/mol. The van der Waals surface area contributed by atoms with Gasteiger partial charge in [-0.25, -0.2) is 5.43 Å². The monoisotopic (exact) mass is 272 g/mol. The lowest BCUT2D eigenvalue weighted by atomic mass is 9.89. The third kappa shape index (κ3) is 3.69. The number of hydrogen-bond donors (Lipinski definition) is 1. The minimum Gasteiger partial charge on any atom is -0.273 e. The summed E-state index contributed by atoms with van der Waals surface area (Å²) in [6.45, 7) is 6.12. The Morgan fingerprint density at radius 2 is 1.85 bits per heavy atom. The van der Waals surface area contributed by atoms with Gasteiger partial charge in [-0.05, 0) is 56.4 Å². The maximum absolute atomic E-state index is 12.0. The van der Waals surface area contributed by atoms with Crippen LogP contribution in [0.2, 0.25) is 0 Å². The molecule has 1 aliphatic rings. The second-order valence-corrected chi connectivity index (χ2v) is 5.81. The molecular weight excluding hydrogens is 248 g/mol. The molecule has 0 spiro atoms. The van der Waals surface area contributed by atoms with E-state index < -0.39 is 0 Å². The molecule has 1 saturated carbocycles. The van der Waals surface area contributed by atoms with Gasteiger partial charge in [0.05, 0.1) is 5.71 Å². The van der Waals surface area contributed by atoms with Crippen LogP contribution in [-0.4, -0.2) is 11.6 Å². The zero-order valence-electron chi connectivity index (χ0n) is 12.7. The molecule has 0 bridgehead atoms. The van der Waals surface area contributed by atoms with Gasteiger partial charge in [-0.2, -0.15) is 5.10 Å². The Hall–Kier alpha value is -1.64. The van der Waals surface area contributed by atoms with Crippen LogP contribution in [0, 0.1) is 19.8 Å². The molecule has 1 aliphatic carbocycles. The molecular formula is C17H24N2O. The first-order valence-electron chi connectivity index (χ1n) is 7.49. The smallest absolute Gasteiger partial charge is 0.243 e. The fraction of sp³-hybridized carbons (Fsp3) is 0.529. The minimum atomic E-state index is 0.0767. The summed E-state index contributed by atoms with van der Waals surface area (Å²) >= 11 is 0. The molecule has 108 valence electrons. The highest BCUT2D eigenvalue weighted by Crippen LogP contribution is 2.23. The zero-order chi connectivity index (χ0) is 14.5. The summed E-state index contributed by atoms with van der Waals surface area (Å²) in [5.74, 6) is 0.230. The van der Waals surface area contributed by atoms with Crippen molar-refractivity contribution in [1.29, 1.82) is 0 Å². The largest absolute Gasteiger partial charge is 0.273 e. The summed E-state index contributed by atoms with van der Waals surface area (Å²) in [5, 5.41) is 4.26. The van der Waals surface area contributed by atoms with Crippen LogP contribution in [0.4, 0.5) is 0 Å². The number of benzene rings is 1. The van der Waals surface area contributed by atoms with Gasteiger partial charge in [0.2, 0.25) is 5.91 Å². The van der Waals surface area contributed by atoms with E-state index >= 15 is 0 Å². The standard InChI is InChI=1S/C17H24N2O/c1-12-9-10-16(11-13(12)2)14(3)18-19-17(20)15-7-5-4-6-8-15/h9-11,15H,4-8H2,1-3H3,(H,19,20)/b18-14+. The maximum atomic E-state index is 12.0. The highest BCUT2D eigenvalue weighted by Gasteiger charge is 2.20. The average Bonchev–Trinajstić information content (AvgIpc) is 2.48. The normalized spacial score (nSPS) is 17.1. The maximum Gasteiger partial charge on any atom is 0.243 e. The molecule has 0 heterocycles. The predicted octanol–water partition coefficient (Wildman–Crippen LogP) is 3.72. The summed E-state index contributed by atoms with van der Waals surface area (Å²) in [6.07, 6.45) is 5.60. The van der Waals surface area contributed by atoms with Crippen molar-refractivity contribution in [1.82, 2.24) is 5.43 Å². The fourth-order valence-corrected chi connectivity index (χ4v) is 2.63. The van der Waals surface area contributed by atoms with Crippen molar-refractivity contribution < 1.29 is 4.79 Å². The van der Waals surface area contributed by atoms with E-state index in [0.29, 0.717) is 0 Å². The van der Waals surface area contributed by atoms with Gasteiger partial charge < -0.3 is 0 Å². The minimum absolute atomic E-state index is 0.0767. The van der Waals surface area contributed by atoms with Gasteiger partial charge >= 0.3 is 0 Å². The number of rotatable bonds is 3. The van der Waals surface area contributed by atoms with E-state index in [1.54, 1.807) is 0 Å². The van der Waals surface area contributed by atoms with Crippen molar-refractivity contribution in [3.8, 4) is 0 Å². The number of nitrogens with one attached hydrogen (secondary N) is 1. The lowest BCUT2D eigenvalue weighted by molar-refractivity contribution is -0.125. The van der Waals surface area contributed by atoms with Crippen LogP contribution in [0.25, 0.3) is 0 Å². The summed E-state index contributed by atoms with van der Waals surface area (Å²) in [7, 11) is 0. The Balaban J connectivity index is 1.99. The molecule has 0 aromatic heterocycles. The van der Waals surface area contributed by atoms with Crippen LogP contribution in [0.15, 0.2) is 23.3 Å². The molecule has 1 N–H and O–H groups in total. The van der Waals surface area contributed by atoms with Crippen molar-refractivity contribution >= 4 is 11.6 Å². The molecule has 0 aliphatic heterocycles. The molecule has 3 nitrogen and oxygen atoms in total.